The van der Waals surface area contributed by atoms with Gasteiger partial charge < -0.3 is 4.40 Å². The zero-order chi connectivity index (χ0) is 36.3. The predicted octanol–water partition coefficient (Wildman–Crippen LogP) is 13.6. The Bertz CT molecular complexity index is 3120. The first-order valence-electron chi connectivity index (χ1n) is 18.7. The van der Waals surface area contributed by atoms with Gasteiger partial charge >= 0.3 is 0 Å². The van der Waals surface area contributed by atoms with Gasteiger partial charge in [0.05, 0.1) is 27.9 Å². The summed E-state index contributed by atoms with van der Waals surface area (Å²) in [6.45, 7) is 0. The molecule has 0 aliphatic heterocycles. The number of rotatable bonds is 6. The van der Waals surface area contributed by atoms with E-state index in [1.54, 1.807) is 0 Å². The molecule has 0 saturated heterocycles. The molecule has 3 heterocycles. The fourth-order valence-corrected chi connectivity index (χ4v) is 8.27. The Morgan fingerprint density at radius 3 is 1.20 bits per heavy atom. The monoisotopic (exact) mass is 699 g/mol. The van der Waals surface area contributed by atoms with Crippen molar-refractivity contribution in [1.29, 1.82) is 0 Å². The SMILES string of the molecule is c1ccc(-c2ccc3c4cccc5c6ccc(-c7cccc(-c8cccc(-c9nc(-c%10ccccc%10)cc(-c%10ccccc%10)n9)c8)c7)cc6n(c3c2)c45)cc1. The van der Waals surface area contributed by atoms with Crippen LogP contribution < -0.4 is 0 Å². The molecule has 0 N–H and O–H groups in total. The molecule has 0 spiro atoms. The molecule has 11 rings (SSSR count). The van der Waals surface area contributed by atoms with Gasteiger partial charge in [-0.1, -0.05) is 170 Å². The Kier molecular flexibility index (Phi) is 7.17. The molecule has 0 amide bonds. The van der Waals surface area contributed by atoms with Crippen molar-refractivity contribution in [3.63, 3.8) is 0 Å². The van der Waals surface area contributed by atoms with E-state index in [4.69, 9.17) is 9.97 Å². The lowest BCUT2D eigenvalue weighted by Gasteiger charge is -2.11. The van der Waals surface area contributed by atoms with Crippen molar-refractivity contribution in [2.75, 3.05) is 0 Å². The minimum absolute atomic E-state index is 0.706. The van der Waals surface area contributed by atoms with E-state index >= 15 is 0 Å². The van der Waals surface area contributed by atoms with Crippen LogP contribution in [0.15, 0.2) is 200 Å². The summed E-state index contributed by atoms with van der Waals surface area (Å²) in [5.41, 5.74) is 15.7. The van der Waals surface area contributed by atoms with Gasteiger partial charge in [0.2, 0.25) is 0 Å². The summed E-state index contributed by atoms with van der Waals surface area (Å²) < 4.78 is 2.48. The summed E-state index contributed by atoms with van der Waals surface area (Å²) in [5.74, 6) is 0.706. The third-order valence-electron chi connectivity index (χ3n) is 10.9. The van der Waals surface area contributed by atoms with Crippen molar-refractivity contribution in [1.82, 2.24) is 14.4 Å². The molecule has 256 valence electrons. The number of aromatic nitrogens is 3. The van der Waals surface area contributed by atoms with Crippen molar-refractivity contribution in [2.24, 2.45) is 0 Å². The average molecular weight is 700 g/mol. The molecular weight excluding hydrogens is 667 g/mol. The van der Waals surface area contributed by atoms with Crippen molar-refractivity contribution < 1.29 is 0 Å². The van der Waals surface area contributed by atoms with Gasteiger partial charge in [-0.05, 0) is 63.7 Å². The van der Waals surface area contributed by atoms with E-state index in [0.717, 1.165) is 39.2 Å². The van der Waals surface area contributed by atoms with Crippen LogP contribution in [0.25, 0.3) is 105 Å². The summed E-state index contributed by atoms with van der Waals surface area (Å²) in [7, 11) is 0. The molecule has 8 aromatic carbocycles. The van der Waals surface area contributed by atoms with Crippen LogP contribution in [0.2, 0.25) is 0 Å². The third-order valence-corrected chi connectivity index (χ3v) is 10.9. The molecule has 11 aromatic rings. The van der Waals surface area contributed by atoms with Gasteiger partial charge in [-0.25, -0.2) is 9.97 Å². The second-order valence-corrected chi connectivity index (χ2v) is 14.2. The average Bonchev–Trinajstić information content (AvgIpc) is 3.79. The minimum Gasteiger partial charge on any atom is -0.308 e. The van der Waals surface area contributed by atoms with Crippen LogP contribution in [0.3, 0.4) is 0 Å². The Hall–Kier alpha value is -7.36. The third kappa shape index (κ3) is 5.28. The maximum atomic E-state index is 5.09. The second-order valence-electron chi connectivity index (χ2n) is 14.2. The molecule has 55 heavy (non-hydrogen) atoms. The van der Waals surface area contributed by atoms with E-state index in [1.165, 1.54) is 60.3 Å². The highest BCUT2D eigenvalue weighted by Crippen LogP contribution is 2.41. The lowest BCUT2D eigenvalue weighted by Crippen LogP contribution is -1.96. The summed E-state index contributed by atoms with van der Waals surface area (Å²) in [4.78, 5) is 10.2. The van der Waals surface area contributed by atoms with Gasteiger partial charge in [0.25, 0.3) is 0 Å². The Morgan fingerprint density at radius 2 is 0.673 bits per heavy atom. The largest absolute Gasteiger partial charge is 0.308 e. The minimum atomic E-state index is 0.706. The van der Waals surface area contributed by atoms with Gasteiger partial charge in [0.1, 0.15) is 0 Å². The molecule has 0 aliphatic rings. The van der Waals surface area contributed by atoms with E-state index < -0.39 is 0 Å². The highest BCUT2D eigenvalue weighted by molar-refractivity contribution is 6.23. The van der Waals surface area contributed by atoms with E-state index in [2.05, 4.69) is 192 Å². The van der Waals surface area contributed by atoms with Gasteiger partial charge in [-0.3, -0.25) is 0 Å². The first-order valence-corrected chi connectivity index (χ1v) is 18.7. The zero-order valence-electron chi connectivity index (χ0n) is 29.9. The Labute approximate surface area is 318 Å². The highest BCUT2D eigenvalue weighted by atomic mass is 14.9. The van der Waals surface area contributed by atoms with Crippen LogP contribution in [-0.4, -0.2) is 14.4 Å². The maximum absolute atomic E-state index is 5.09. The predicted molar refractivity (Wildman–Crippen MR) is 229 cm³/mol. The van der Waals surface area contributed by atoms with Crippen molar-refractivity contribution in [3.8, 4) is 67.3 Å². The van der Waals surface area contributed by atoms with Gasteiger partial charge in [0, 0.05) is 38.2 Å². The molecule has 3 aromatic heterocycles. The summed E-state index contributed by atoms with van der Waals surface area (Å²) in [6.07, 6.45) is 0. The number of para-hydroxylation sites is 1. The van der Waals surface area contributed by atoms with Crippen molar-refractivity contribution in [2.45, 2.75) is 0 Å². The second kappa shape index (κ2) is 12.6. The molecule has 0 atom stereocenters. The molecule has 3 heteroatoms. The van der Waals surface area contributed by atoms with E-state index in [1.807, 2.05) is 12.1 Å². The number of nitrogens with zero attached hydrogens (tertiary/aromatic N) is 3. The van der Waals surface area contributed by atoms with Crippen molar-refractivity contribution >= 4 is 38.1 Å². The van der Waals surface area contributed by atoms with Crippen LogP contribution in [0.4, 0.5) is 0 Å². The smallest absolute Gasteiger partial charge is 0.160 e. The van der Waals surface area contributed by atoms with Gasteiger partial charge in [-0.15, -0.1) is 0 Å². The number of fused-ring (bicyclic) bond motifs is 6. The molecule has 0 fully saturated rings. The fraction of sp³-hybridized carbons (Fsp3) is 0. The number of benzene rings is 8. The molecule has 0 aliphatic carbocycles. The standard InChI is InChI=1S/C52H33N3/c1-4-13-34(14-5-1)40-25-27-43-45-23-12-24-46-44-28-26-41(32-50(44)55(51(45)46)49(43)31-40)38-20-10-19-37(29-38)39-21-11-22-42(30-39)52-53-47(35-15-6-2-7-16-35)33-48(54-52)36-17-8-3-9-18-36/h1-33H. The van der Waals surface area contributed by atoms with Crippen LogP contribution >= 0.6 is 0 Å². The Balaban J connectivity index is 1.02. The molecule has 0 radical (unpaired) electrons. The topological polar surface area (TPSA) is 30.2 Å². The van der Waals surface area contributed by atoms with Crippen LogP contribution in [0.1, 0.15) is 0 Å². The summed E-state index contributed by atoms with van der Waals surface area (Å²) in [6, 6.07) is 71.4. The maximum Gasteiger partial charge on any atom is 0.160 e. The van der Waals surface area contributed by atoms with E-state index in [0.29, 0.717) is 5.82 Å². The molecule has 0 bridgehead atoms. The first kappa shape index (κ1) is 31.2. The van der Waals surface area contributed by atoms with E-state index in [9.17, 15) is 0 Å². The summed E-state index contributed by atoms with van der Waals surface area (Å²) >= 11 is 0. The summed E-state index contributed by atoms with van der Waals surface area (Å²) in [5, 5.41) is 5.13. The lowest BCUT2D eigenvalue weighted by molar-refractivity contribution is 1.18. The number of hydrogen-bond donors (Lipinski definition) is 0. The molecule has 0 saturated carbocycles. The van der Waals surface area contributed by atoms with E-state index in [-0.39, 0.29) is 0 Å². The number of hydrogen-bond acceptors (Lipinski definition) is 2. The van der Waals surface area contributed by atoms with Gasteiger partial charge in [-0.2, -0.15) is 0 Å². The lowest BCUT2D eigenvalue weighted by atomic mass is 9.97. The Morgan fingerprint density at radius 1 is 0.273 bits per heavy atom. The fourth-order valence-electron chi connectivity index (χ4n) is 8.27. The molecule has 0 unspecified atom stereocenters. The molecular formula is C52H33N3. The quantitative estimate of drug-likeness (QED) is 0.173. The van der Waals surface area contributed by atoms with Crippen LogP contribution in [0, 0.1) is 0 Å². The van der Waals surface area contributed by atoms with Crippen molar-refractivity contribution in [3.05, 3.63) is 200 Å². The first-order chi connectivity index (χ1) is 27.2. The molecule has 3 nitrogen and oxygen atoms in total. The normalized spacial score (nSPS) is 11.6. The highest BCUT2D eigenvalue weighted by Gasteiger charge is 2.19. The van der Waals surface area contributed by atoms with Gasteiger partial charge in [0.15, 0.2) is 5.82 Å². The van der Waals surface area contributed by atoms with Crippen LogP contribution in [-0.2, 0) is 0 Å². The zero-order valence-corrected chi connectivity index (χ0v) is 29.9. The van der Waals surface area contributed by atoms with Crippen LogP contribution in [0.5, 0.6) is 0 Å².